The molecule has 0 saturated heterocycles. The van der Waals surface area contributed by atoms with Crippen molar-refractivity contribution in [1.82, 2.24) is 19.6 Å². The highest BCUT2D eigenvalue weighted by molar-refractivity contribution is 5.91. The first-order valence-electron chi connectivity index (χ1n) is 10.1. The predicted molar refractivity (Wildman–Crippen MR) is 111 cm³/mol. The Kier molecular flexibility index (Phi) is 7.14. The minimum atomic E-state index is -4.68. The molecule has 0 bridgehead atoms. The van der Waals surface area contributed by atoms with Crippen LogP contribution in [0.25, 0.3) is 5.78 Å². The Hall–Kier alpha value is -3.70. The van der Waals surface area contributed by atoms with Crippen molar-refractivity contribution in [2.75, 3.05) is 18.5 Å². The zero-order chi connectivity index (χ0) is 24.2. The van der Waals surface area contributed by atoms with Crippen molar-refractivity contribution in [3.63, 3.8) is 0 Å². The number of halogens is 3. The van der Waals surface area contributed by atoms with E-state index in [0.717, 1.165) is 4.52 Å². The number of fused-ring (bicyclic) bond motifs is 1. The summed E-state index contributed by atoms with van der Waals surface area (Å²) in [4.78, 5) is 31.4. The molecule has 0 radical (unpaired) electrons. The number of ether oxygens (including phenoxy) is 2. The fraction of sp³-hybridized carbons (Fsp3) is 0.381. The predicted octanol–water partition coefficient (Wildman–Crippen LogP) is 3.27. The number of anilines is 1. The van der Waals surface area contributed by atoms with Gasteiger partial charge in [0.1, 0.15) is 5.75 Å². The van der Waals surface area contributed by atoms with Crippen molar-refractivity contribution in [2.24, 2.45) is 0 Å². The molecule has 1 N–H and O–H groups in total. The number of carbonyl (C=O) groups is 2. The summed E-state index contributed by atoms with van der Waals surface area (Å²) >= 11 is 0. The zero-order valence-corrected chi connectivity index (χ0v) is 18.2. The molecule has 0 spiro atoms. The summed E-state index contributed by atoms with van der Waals surface area (Å²) in [5.41, 5.74) is 1.99. The average molecular weight is 465 g/mol. The molecule has 2 aromatic heterocycles. The van der Waals surface area contributed by atoms with Gasteiger partial charge in [-0.05, 0) is 44.9 Å². The molecule has 12 heteroatoms. The Bertz CT molecular complexity index is 1180. The van der Waals surface area contributed by atoms with Crippen molar-refractivity contribution in [3.05, 3.63) is 47.0 Å². The van der Waals surface area contributed by atoms with Gasteiger partial charge in [-0.25, -0.2) is 14.3 Å². The number of nitrogens with one attached hydrogen (secondary N) is 1. The van der Waals surface area contributed by atoms with Gasteiger partial charge in [-0.3, -0.25) is 4.79 Å². The van der Waals surface area contributed by atoms with Crippen LogP contribution in [0.2, 0.25) is 0 Å². The third kappa shape index (κ3) is 5.96. The van der Waals surface area contributed by atoms with Gasteiger partial charge in [-0.2, -0.15) is 18.2 Å². The number of aryl methyl sites for hydroxylation is 2. The molecular formula is C21H22F3N5O4. The highest BCUT2D eigenvalue weighted by Gasteiger charge is 2.37. The van der Waals surface area contributed by atoms with Gasteiger partial charge >= 0.3 is 12.1 Å². The van der Waals surface area contributed by atoms with Gasteiger partial charge in [-0.15, -0.1) is 5.10 Å². The van der Waals surface area contributed by atoms with Crippen LogP contribution in [-0.4, -0.2) is 44.7 Å². The van der Waals surface area contributed by atoms with Crippen LogP contribution in [-0.2, 0) is 26.9 Å². The fourth-order valence-electron chi connectivity index (χ4n) is 3.16. The van der Waals surface area contributed by atoms with Gasteiger partial charge < -0.3 is 14.8 Å². The number of amides is 1. The van der Waals surface area contributed by atoms with Crippen molar-refractivity contribution in [1.29, 1.82) is 0 Å². The Morgan fingerprint density at radius 1 is 1.18 bits per heavy atom. The lowest BCUT2D eigenvalue weighted by Crippen LogP contribution is -2.15. The van der Waals surface area contributed by atoms with Crippen molar-refractivity contribution in [3.8, 4) is 5.75 Å². The minimum absolute atomic E-state index is 0.0591. The summed E-state index contributed by atoms with van der Waals surface area (Å²) in [5.74, 6) is -1.85. The summed E-state index contributed by atoms with van der Waals surface area (Å²) in [6, 6.07) is 6.52. The molecule has 0 atom stereocenters. The number of hydrogen-bond donors (Lipinski definition) is 1. The maximum absolute atomic E-state index is 12.9. The van der Waals surface area contributed by atoms with Crippen LogP contribution in [0.3, 0.4) is 0 Å². The van der Waals surface area contributed by atoms with E-state index in [1.807, 2.05) is 0 Å². The standard InChI is InChI=1S/C21H22F3N5O4/c1-4-32-18(31)11-33-15-7-5-6-14(10-15)26-17(30)9-8-16-12(2)25-20-27-19(21(22,23)24)28-29(20)13(16)3/h5-7,10H,4,8-9,11H2,1-3H3,(H,26,30). The molecular weight excluding hydrogens is 443 g/mol. The van der Waals surface area contributed by atoms with Gasteiger partial charge in [0.15, 0.2) is 6.61 Å². The number of alkyl halides is 3. The lowest BCUT2D eigenvalue weighted by atomic mass is 10.1. The number of rotatable bonds is 8. The van der Waals surface area contributed by atoms with E-state index >= 15 is 0 Å². The number of esters is 1. The van der Waals surface area contributed by atoms with Gasteiger partial charge in [0.2, 0.25) is 5.91 Å². The van der Waals surface area contributed by atoms with Gasteiger partial charge in [0.25, 0.3) is 11.6 Å². The number of nitrogens with zero attached hydrogens (tertiary/aromatic N) is 4. The molecule has 1 amide bonds. The number of aromatic nitrogens is 4. The molecule has 0 unspecified atom stereocenters. The molecule has 1 aromatic carbocycles. The van der Waals surface area contributed by atoms with Crippen LogP contribution < -0.4 is 10.1 Å². The number of hydrogen-bond acceptors (Lipinski definition) is 7. The van der Waals surface area contributed by atoms with Gasteiger partial charge in [0.05, 0.1) is 6.61 Å². The SMILES string of the molecule is CCOC(=O)COc1cccc(NC(=O)CCc2c(C)nc3nc(C(F)(F)F)nn3c2C)c1. The highest BCUT2D eigenvalue weighted by Crippen LogP contribution is 2.27. The lowest BCUT2D eigenvalue weighted by molar-refractivity contribution is -0.146. The van der Waals surface area contributed by atoms with E-state index in [2.05, 4.69) is 20.4 Å². The van der Waals surface area contributed by atoms with E-state index in [1.165, 1.54) is 0 Å². The normalized spacial score (nSPS) is 11.5. The van der Waals surface area contributed by atoms with Crippen LogP contribution in [0, 0.1) is 13.8 Å². The summed E-state index contributed by atoms with van der Waals surface area (Å²) in [6.45, 7) is 4.94. The van der Waals surface area contributed by atoms with E-state index < -0.39 is 18.0 Å². The Labute approximate surface area is 186 Å². The van der Waals surface area contributed by atoms with Crippen LogP contribution in [0.1, 0.15) is 36.1 Å². The summed E-state index contributed by atoms with van der Waals surface area (Å²) < 4.78 is 49.9. The summed E-state index contributed by atoms with van der Waals surface area (Å²) in [6.07, 6.45) is -4.38. The largest absolute Gasteiger partial charge is 0.482 e. The first-order chi connectivity index (χ1) is 15.6. The fourth-order valence-corrected chi connectivity index (χ4v) is 3.16. The highest BCUT2D eigenvalue weighted by atomic mass is 19.4. The van der Waals surface area contributed by atoms with Crippen molar-refractivity contribution < 1.29 is 32.2 Å². The Morgan fingerprint density at radius 2 is 1.94 bits per heavy atom. The Morgan fingerprint density at radius 3 is 2.64 bits per heavy atom. The summed E-state index contributed by atoms with van der Waals surface area (Å²) in [7, 11) is 0. The van der Waals surface area contributed by atoms with Crippen LogP contribution in [0.5, 0.6) is 5.75 Å². The van der Waals surface area contributed by atoms with Gasteiger partial charge in [0, 0.05) is 29.6 Å². The molecule has 0 aliphatic carbocycles. The van der Waals surface area contributed by atoms with Crippen LogP contribution in [0.15, 0.2) is 24.3 Å². The molecule has 33 heavy (non-hydrogen) atoms. The molecule has 3 aromatic rings. The second-order valence-corrected chi connectivity index (χ2v) is 7.08. The maximum Gasteiger partial charge on any atom is 0.453 e. The topological polar surface area (TPSA) is 108 Å². The van der Waals surface area contributed by atoms with E-state index in [-0.39, 0.29) is 37.7 Å². The average Bonchev–Trinajstić information content (AvgIpc) is 3.17. The third-order valence-electron chi connectivity index (χ3n) is 4.68. The molecule has 0 aliphatic rings. The number of benzene rings is 1. The van der Waals surface area contributed by atoms with E-state index in [1.54, 1.807) is 45.0 Å². The molecule has 0 aliphatic heterocycles. The molecule has 176 valence electrons. The molecule has 9 nitrogen and oxygen atoms in total. The molecule has 2 heterocycles. The Balaban J connectivity index is 1.65. The lowest BCUT2D eigenvalue weighted by Gasteiger charge is -2.11. The third-order valence-corrected chi connectivity index (χ3v) is 4.68. The molecule has 0 saturated carbocycles. The molecule has 3 rings (SSSR count). The van der Waals surface area contributed by atoms with Crippen LogP contribution in [0.4, 0.5) is 18.9 Å². The smallest absolute Gasteiger partial charge is 0.453 e. The van der Waals surface area contributed by atoms with Crippen molar-refractivity contribution >= 4 is 23.3 Å². The monoisotopic (exact) mass is 465 g/mol. The van der Waals surface area contributed by atoms with E-state index in [4.69, 9.17) is 9.47 Å². The number of carbonyl (C=O) groups excluding carboxylic acids is 2. The minimum Gasteiger partial charge on any atom is -0.482 e. The molecule has 0 fully saturated rings. The summed E-state index contributed by atoms with van der Waals surface area (Å²) in [5, 5.41) is 6.23. The van der Waals surface area contributed by atoms with Gasteiger partial charge in [-0.1, -0.05) is 6.07 Å². The van der Waals surface area contributed by atoms with Crippen LogP contribution >= 0.6 is 0 Å². The van der Waals surface area contributed by atoms with E-state index in [0.29, 0.717) is 28.4 Å². The quantitative estimate of drug-likeness (QED) is 0.509. The zero-order valence-electron chi connectivity index (χ0n) is 18.2. The first kappa shape index (κ1) is 24.0. The second-order valence-electron chi connectivity index (χ2n) is 7.08. The van der Waals surface area contributed by atoms with Crippen molar-refractivity contribution in [2.45, 2.75) is 39.8 Å². The second kappa shape index (κ2) is 9.84. The maximum atomic E-state index is 12.9. The first-order valence-corrected chi connectivity index (χ1v) is 10.1. The van der Waals surface area contributed by atoms with E-state index in [9.17, 15) is 22.8 Å².